The minimum atomic E-state index is -4.13. The lowest BCUT2D eigenvalue weighted by Gasteiger charge is -2.24. The molecule has 3 aromatic rings. The van der Waals surface area contributed by atoms with Crippen molar-refractivity contribution in [1.82, 2.24) is 5.43 Å². The van der Waals surface area contributed by atoms with Crippen molar-refractivity contribution in [3.8, 4) is 11.5 Å². The zero-order valence-corrected chi connectivity index (χ0v) is 22.5. The molecule has 0 aliphatic heterocycles. The Labute approximate surface area is 226 Å². The second-order valence-electron chi connectivity index (χ2n) is 7.76. The van der Waals surface area contributed by atoms with Crippen LogP contribution < -0.4 is 19.2 Å². The monoisotopic (exact) mass is 561 g/mol. The summed E-state index contributed by atoms with van der Waals surface area (Å²) in [6, 6.07) is 15.7. The van der Waals surface area contributed by atoms with E-state index >= 15 is 0 Å². The Kier molecular flexibility index (Phi) is 9.57. The number of nitrogens with zero attached hydrogens (tertiary/aromatic N) is 2. The molecule has 0 aromatic heterocycles. The average Bonchev–Trinajstić information content (AvgIpc) is 2.86. The largest absolute Gasteiger partial charge is 0.493 e. The molecular formula is C26H25Cl2N3O5S. The van der Waals surface area contributed by atoms with Crippen molar-refractivity contribution in [2.45, 2.75) is 11.8 Å². The minimum Gasteiger partial charge on any atom is -0.493 e. The van der Waals surface area contributed by atoms with E-state index in [0.29, 0.717) is 23.7 Å². The number of aryl methyl sites for hydroxylation is 1. The van der Waals surface area contributed by atoms with Crippen molar-refractivity contribution in [3.63, 3.8) is 0 Å². The number of anilines is 1. The fraction of sp³-hybridized carbons (Fsp3) is 0.154. The smallest absolute Gasteiger partial charge is 0.264 e. The van der Waals surface area contributed by atoms with Crippen LogP contribution in [0.15, 0.2) is 83.3 Å². The lowest BCUT2D eigenvalue weighted by Crippen LogP contribution is -2.39. The van der Waals surface area contributed by atoms with Gasteiger partial charge in [-0.2, -0.15) is 5.10 Å². The maximum Gasteiger partial charge on any atom is 0.264 e. The number of sulfonamides is 1. The predicted molar refractivity (Wildman–Crippen MR) is 147 cm³/mol. The molecule has 0 unspecified atom stereocenters. The molecule has 0 aliphatic carbocycles. The highest BCUT2D eigenvalue weighted by Crippen LogP contribution is 2.30. The predicted octanol–water partition coefficient (Wildman–Crippen LogP) is 5.22. The second-order valence-corrected chi connectivity index (χ2v) is 10.5. The summed E-state index contributed by atoms with van der Waals surface area (Å²) in [5, 5.41) is 4.39. The van der Waals surface area contributed by atoms with Gasteiger partial charge in [-0.25, -0.2) is 13.8 Å². The van der Waals surface area contributed by atoms with E-state index in [9.17, 15) is 13.2 Å². The summed E-state index contributed by atoms with van der Waals surface area (Å²) in [7, 11) is -2.63. The molecule has 194 valence electrons. The molecule has 0 aliphatic rings. The van der Waals surface area contributed by atoms with Crippen molar-refractivity contribution in [2.24, 2.45) is 5.10 Å². The number of halogens is 2. The summed E-state index contributed by atoms with van der Waals surface area (Å²) < 4.78 is 38.7. The molecule has 3 aromatic carbocycles. The summed E-state index contributed by atoms with van der Waals surface area (Å²) in [5.41, 5.74) is 4.00. The Morgan fingerprint density at radius 1 is 1.05 bits per heavy atom. The lowest BCUT2D eigenvalue weighted by atomic mass is 10.2. The van der Waals surface area contributed by atoms with Gasteiger partial charge in [-0.1, -0.05) is 53.6 Å². The molecule has 0 radical (unpaired) electrons. The molecule has 0 heterocycles. The van der Waals surface area contributed by atoms with Crippen LogP contribution in [0.3, 0.4) is 0 Å². The fourth-order valence-electron chi connectivity index (χ4n) is 3.21. The highest BCUT2D eigenvalue weighted by Gasteiger charge is 2.27. The first kappa shape index (κ1) is 28.0. The third-order valence-corrected chi connectivity index (χ3v) is 7.20. The van der Waals surface area contributed by atoms with Crippen molar-refractivity contribution in [3.05, 3.63) is 94.5 Å². The van der Waals surface area contributed by atoms with Crippen molar-refractivity contribution >= 4 is 51.0 Å². The standard InChI is InChI=1S/C26H25Cl2N3O5S/c1-4-11-36-24-10-7-19(12-25(24)35-3)16-29-30-26(32)17-31(22-14-20(27)13-21(28)15-22)37(33,34)23-8-5-18(2)6-9-23/h4-10,12-16H,1,11,17H2,2-3H3,(H,30,32)/b29-16-. The quantitative estimate of drug-likeness (QED) is 0.196. The van der Waals surface area contributed by atoms with Gasteiger partial charge >= 0.3 is 0 Å². The molecule has 0 saturated heterocycles. The van der Waals surface area contributed by atoms with Crippen molar-refractivity contribution in [2.75, 3.05) is 24.6 Å². The molecule has 0 fully saturated rings. The Morgan fingerprint density at radius 2 is 1.73 bits per heavy atom. The van der Waals surface area contributed by atoms with Crippen LogP contribution in [-0.4, -0.2) is 40.8 Å². The zero-order valence-electron chi connectivity index (χ0n) is 20.1. The van der Waals surface area contributed by atoms with Crippen LogP contribution in [-0.2, 0) is 14.8 Å². The summed E-state index contributed by atoms with van der Waals surface area (Å²) >= 11 is 12.2. The van der Waals surface area contributed by atoms with Crippen molar-refractivity contribution in [1.29, 1.82) is 0 Å². The van der Waals surface area contributed by atoms with Gasteiger partial charge in [0.05, 0.1) is 23.9 Å². The normalized spacial score (nSPS) is 11.2. The van der Waals surface area contributed by atoms with Gasteiger partial charge in [-0.3, -0.25) is 9.10 Å². The summed E-state index contributed by atoms with van der Waals surface area (Å²) in [5.74, 6) is 0.326. The van der Waals surface area contributed by atoms with E-state index < -0.39 is 22.5 Å². The Hall–Kier alpha value is -3.53. The van der Waals surface area contributed by atoms with E-state index in [4.69, 9.17) is 32.7 Å². The molecule has 0 spiro atoms. The average molecular weight is 562 g/mol. The number of carbonyl (C=O) groups is 1. The van der Waals surface area contributed by atoms with E-state index in [2.05, 4.69) is 17.1 Å². The van der Waals surface area contributed by atoms with Gasteiger partial charge in [-0.05, 0) is 61.0 Å². The lowest BCUT2D eigenvalue weighted by molar-refractivity contribution is -0.119. The molecule has 8 nitrogen and oxygen atoms in total. The topological polar surface area (TPSA) is 97.3 Å². The summed E-state index contributed by atoms with van der Waals surface area (Å²) in [6.07, 6.45) is 3.01. The Bertz CT molecular complexity index is 1390. The van der Waals surface area contributed by atoms with E-state index in [1.807, 2.05) is 6.92 Å². The number of hydrogen-bond acceptors (Lipinski definition) is 6. The number of amides is 1. The van der Waals surface area contributed by atoms with E-state index in [-0.39, 0.29) is 20.6 Å². The van der Waals surface area contributed by atoms with Gasteiger partial charge in [0.2, 0.25) is 0 Å². The Balaban J connectivity index is 1.82. The Morgan fingerprint density at radius 3 is 2.35 bits per heavy atom. The van der Waals surface area contributed by atoms with Gasteiger partial charge in [0.25, 0.3) is 15.9 Å². The SMILES string of the molecule is C=CCOc1ccc(/C=N\NC(=O)CN(c2cc(Cl)cc(Cl)c2)S(=O)(=O)c2ccc(C)cc2)cc1OC. The number of carbonyl (C=O) groups excluding carboxylic acids is 1. The van der Waals surface area contributed by atoms with Gasteiger partial charge in [0.15, 0.2) is 11.5 Å². The van der Waals surface area contributed by atoms with Gasteiger partial charge in [-0.15, -0.1) is 0 Å². The van der Waals surface area contributed by atoms with Crippen LogP contribution in [0.1, 0.15) is 11.1 Å². The number of methoxy groups -OCH3 is 1. The second kappa shape index (κ2) is 12.6. The van der Waals surface area contributed by atoms with Gasteiger partial charge in [0.1, 0.15) is 13.2 Å². The molecule has 37 heavy (non-hydrogen) atoms. The number of hydrogen-bond donors (Lipinski definition) is 1. The summed E-state index contributed by atoms with van der Waals surface area (Å²) in [4.78, 5) is 12.8. The van der Waals surface area contributed by atoms with Crippen LogP contribution in [0.2, 0.25) is 10.0 Å². The number of nitrogens with one attached hydrogen (secondary N) is 1. The third-order valence-electron chi connectivity index (χ3n) is 4.98. The van der Waals surface area contributed by atoms with Crippen LogP contribution in [0, 0.1) is 6.92 Å². The number of hydrazone groups is 1. The van der Waals surface area contributed by atoms with Crippen LogP contribution in [0.25, 0.3) is 0 Å². The van der Waals surface area contributed by atoms with Crippen LogP contribution in [0.4, 0.5) is 5.69 Å². The molecule has 3 rings (SSSR count). The molecule has 11 heteroatoms. The molecule has 1 N–H and O–H groups in total. The molecule has 0 bridgehead atoms. The fourth-order valence-corrected chi connectivity index (χ4v) is 5.13. The summed E-state index contributed by atoms with van der Waals surface area (Å²) in [6.45, 7) is 5.20. The van der Waals surface area contributed by atoms with E-state index in [0.717, 1.165) is 9.87 Å². The molecule has 0 saturated carbocycles. The molecule has 1 amide bonds. The van der Waals surface area contributed by atoms with E-state index in [1.54, 1.807) is 36.4 Å². The highest BCUT2D eigenvalue weighted by atomic mass is 35.5. The number of benzene rings is 3. The first-order valence-electron chi connectivity index (χ1n) is 10.9. The van der Waals surface area contributed by atoms with E-state index in [1.165, 1.54) is 43.7 Å². The van der Waals surface area contributed by atoms with Gasteiger partial charge < -0.3 is 9.47 Å². The molecule has 0 atom stereocenters. The third kappa shape index (κ3) is 7.48. The van der Waals surface area contributed by atoms with Crippen LogP contribution in [0.5, 0.6) is 11.5 Å². The zero-order chi connectivity index (χ0) is 27.0. The maximum atomic E-state index is 13.5. The van der Waals surface area contributed by atoms with Crippen molar-refractivity contribution < 1.29 is 22.7 Å². The first-order valence-corrected chi connectivity index (χ1v) is 13.1. The maximum absolute atomic E-state index is 13.5. The number of rotatable bonds is 11. The number of ether oxygens (including phenoxy) is 2. The molecular weight excluding hydrogens is 537 g/mol. The first-order chi connectivity index (χ1) is 17.6. The van der Waals surface area contributed by atoms with Gasteiger partial charge in [0, 0.05) is 10.0 Å². The van der Waals surface area contributed by atoms with Crippen LogP contribution >= 0.6 is 23.2 Å². The highest BCUT2D eigenvalue weighted by molar-refractivity contribution is 7.92. The minimum absolute atomic E-state index is 0.0105.